The van der Waals surface area contributed by atoms with Gasteiger partial charge in [-0.3, -0.25) is 0 Å². The number of hydrogen-bond acceptors (Lipinski definition) is 1. The molecule has 3 heteroatoms. The average molecular weight is 339 g/mol. The molecule has 2 rings (SSSR count). The van der Waals surface area contributed by atoms with Gasteiger partial charge in [-0.15, -0.1) is 6.58 Å². The highest BCUT2D eigenvalue weighted by Gasteiger charge is 2.35. The predicted molar refractivity (Wildman–Crippen MR) is 107 cm³/mol. The standard InChI is InChI=1S/C20H26OSi2/c1-6-22(2,3)21-23(4,5)20(19-15-11-8-12-16-19)17-18-13-9-7-10-14-18/h6-17H,1H2,2-5H3/b20-17+. The first-order valence-corrected chi connectivity index (χ1v) is 13.9. The lowest BCUT2D eigenvalue weighted by Crippen LogP contribution is -2.44. The Kier molecular flexibility index (Phi) is 5.57. The summed E-state index contributed by atoms with van der Waals surface area (Å²) in [5.74, 6) is 0. The van der Waals surface area contributed by atoms with Gasteiger partial charge in [0.05, 0.1) is 0 Å². The molecule has 0 aliphatic heterocycles. The minimum Gasteiger partial charge on any atom is -0.449 e. The second kappa shape index (κ2) is 7.26. The number of benzene rings is 2. The van der Waals surface area contributed by atoms with Crippen LogP contribution in [0.15, 0.2) is 72.9 Å². The zero-order valence-corrected chi connectivity index (χ0v) is 16.5. The summed E-state index contributed by atoms with van der Waals surface area (Å²) in [5.41, 5.74) is 4.49. The van der Waals surface area contributed by atoms with E-state index in [0.29, 0.717) is 0 Å². The normalized spacial score (nSPS) is 13.0. The minimum absolute atomic E-state index is 1.22. The molecule has 120 valence electrons. The predicted octanol–water partition coefficient (Wildman–Crippen LogP) is 5.92. The van der Waals surface area contributed by atoms with E-state index in [-0.39, 0.29) is 0 Å². The highest BCUT2D eigenvalue weighted by molar-refractivity contribution is 6.97. The average Bonchev–Trinajstić information content (AvgIpc) is 2.53. The van der Waals surface area contributed by atoms with Crippen LogP contribution in [0, 0.1) is 0 Å². The molecule has 0 amide bonds. The summed E-state index contributed by atoms with van der Waals surface area (Å²) in [6, 6.07) is 21.1. The fourth-order valence-electron chi connectivity index (χ4n) is 2.69. The molecule has 0 spiro atoms. The molecule has 2 aromatic carbocycles. The zero-order valence-electron chi connectivity index (χ0n) is 14.5. The first-order valence-electron chi connectivity index (χ1n) is 8.00. The van der Waals surface area contributed by atoms with E-state index in [1.54, 1.807) is 0 Å². The highest BCUT2D eigenvalue weighted by atomic mass is 28.4. The van der Waals surface area contributed by atoms with Gasteiger partial charge in [-0.2, -0.15) is 0 Å². The number of hydrogen-bond donors (Lipinski definition) is 0. The molecule has 0 aliphatic rings. The molecule has 0 N–H and O–H groups in total. The van der Waals surface area contributed by atoms with Gasteiger partial charge in [-0.05, 0) is 42.5 Å². The van der Waals surface area contributed by atoms with Gasteiger partial charge in [0.1, 0.15) is 0 Å². The Morgan fingerprint density at radius 3 is 1.91 bits per heavy atom. The molecular formula is C20H26OSi2. The van der Waals surface area contributed by atoms with Crippen LogP contribution in [0.5, 0.6) is 0 Å². The van der Waals surface area contributed by atoms with Crippen molar-refractivity contribution in [2.45, 2.75) is 26.2 Å². The van der Waals surface area contributed by atoms with Crippen LogP contribution in [0.4, 0.5) is 0 Å². The van der Waals surface area contributed by atoms with Crippen molar-refractivity contribution in [3.63, 3.8) is 0 Å². The Labute approximate surface area is 142 Å². The summed E-state index contributed by atoms with van der Waals surface area (Å²) in [5, 5.41) is 1.33. The van der Waals surface area contributed by atoms with Crippen LogP contribution in [-0.4, -0.2) is 16.6 Å². The van der Waals surface area contributed by atoms with Crippen LogP contribution in [0.2, 0.25) is 26.2 Å². The van der Waals surface area contributed by atoms with Crippen molar-refractivity contribution in [1.29, 1.82) is 0 Å². The molecule has 0 saturated carbocycles. The second-order valence-electron chi connectivity index (χ2n) is 6.75. The Morgan fingerprint density at radius 2 is 1.39 bits per heavy atom. The van der Waals surface area contributed by atoms with Gasteiger partial charge in [-0.25, -0.2) is 0 Å². The molecule has 0 heterocycles. The quantitative estimate of drug-likeness (QED) is 0.469. The van der Waals surface area contributed by atoms with Crippen molar-refractivity contribution in [3.05, 3.63) is 84.1 Å². The molecule has 23 heavy (non-hydrogen) atoms. The summed E-state index contributed by atoms with van der Waals surface area (Å²) < 4.78 is 6.65. The maximum atomic E-state index is 6.65. The second-order valence-corrected chi connectivity index (χ2v) is 14.7. The Bertz CT molecular complexity index is 673. The van der Waals surface area contributed by atoms with Crippen molar-refractivity contribution >= 4 is 27.9 Å². The molecule has 0 saturated heterocycles. The smallest absolute Gasteiger partial charge is 0.206 e. The van der Waals surface area contributed by atoms with Crippen LogP contribution in [0.3, 0.4) is 0 Å². The van der Waals surface area contributed by atoms with Gasteiger partial charge in [0.15, 0.2) is 8.32 Å². The van der Waals surface area contributed by atoms with Crippen LogP contribution in [0.1, 0.15) is 11.1 Å². The van der Waals surface area contributed by atoms with Crippen molar-refractivity contribution in [1.82, 2.24) is 0 Å². The van der Waals surface area contributed by atoms with E-state index in [9.17, 15) is 0 Å². The van der Waals surface area contributed by atoms with Gasteiger partial charge >= 0.3 is 0 Å². The van der Waals surface area contributed by atoms with Gasteiger partial charge in [0.25, 0.3) is 0 Å². The summed E-state index contributed by atoms with van der Waals surface area (Å²) in [7, 11) is -3.90. The van der Waals surface area contributed by atoms with Crippen LogP contribution < -0.4 is 0 Å². The Hall–Kier alpha value is -1.69. The van der Waals surface area contributed by atoms with E-state index in [4.69, 9.17) is 4.12 Å². The van der Waals surface area contributed by atoms with Gasteiger partial charge in [-0.1, -0.05) is 72.4 Å². The first-order chi connectivity index (χ1) is 10.8. The Balaban J connectivity index is 2.50. The third-order valence-electron chi connectivity index (χ3n) is 3.85. The van der Waals surface area contributed by atoms with Gasteiger partial charge in [0.2, 0.25) is 8.32 Å². The molecule has 2 aromatic rings. The molecule has 0 fully saturated rings. The number of rotatable bonds is 6. The molecule has 1 nitrogen and oxygen atoms in total. The summed E-state index contributed by atoms with van der Waals surface area (Å²) in [6.45, 7) is 13.0. The van der Waals surface area contributed by atoms with Crippen molar-refractivity contribution in [3.8, 4) is 0 Å². The van der Waals surface area contributed by atoms with Gasteiger partial charge < -0.3 is 4.12 Å². The molecule has 0 unspecified atom stereocenters. The van der Waals surface area contributed by atoms with E-state index in [2.05, 4.69) is 93.4 Å². The third-order valence-corrected chi connectivity index (χ3v) is 10.7. The molecule has 0 atom stereocenters. The van der Waals surface area contributed by atoms with E-state index in [1.165, 1.54) is 16.3 Å². The molecule has 0 radical (unpaired) electrons. The summed E-state index contributed by atoms with van der Waals surface area (Å²) in [6.07, 6.45) is 2.29. The SMILES string of the molecule is C=C[Si](C)(C)O[Si](C)(C)/C(=C/c1ccccc1)c1ccccc1. The van der Waals surface area contributed by atoms with Crippen LogP contribution >= 0.6 is 0 Å². The van der Waals surface area contributed by atoms with E-state index in [1.807, 2.05) is 11.8 Å². The molecule has 0 aliphatic carbocycles. The molecular weight excluding hydrogens is 312 g/mol. The lowest BCUT2D eigenvalue weighted by Gasteiger charge is -2.34. The minimum atomic E-state index is -2.06. The fourth-order valence-corrected chi connectivity index (χ4v) is 10.1. The van der Waals surface area contributed by atoms with E-state index in [0.717, 1.165) is 0 Å². The summed E-state index contributed by atoms with van der Waals surface area (Å²) >= 11 is 0. The summed E-state index contributed by atoms with van der Waals surface area (Å²) in [4.78, 5) is 0. The lowest BCUT2D eigenvalue weighted by molar-refractivity contribution is 0.573. The van der Waals surface area contributed by atoms with E-state index < -0.39 is 16.6 Å². The maximum absolute atomic E-state index is 6.65. The van der Waals surface area contributed by atoms with Crippen molar-refractivity contribution < 1.29 is 4.12 Å². The third kappa shape index (κ3) is 4.89. The van der Waals surface area contributed by atoms with Crippen LogP contribution in [-0.2, 0) is 4.12 Å². The zero-order chi connectivity index (χ0) is 16.9. The van der Waals surface area contributed by atoms with Crippen molar-refractivity contribution in [2.24, 2.45) is 0 Å². The van der Waals surface area contributed by atoms with E-state index >= 15 is 0 Å². The largest absolute Gasteiger partial charge is 0.449 e. The highest BCUT2D eigenvalue weighted by Crippen LogP contribution is 2.31. The maximum Gasteiger partial charge on any atom is 0.206 e. The molecule has 0 aromatic heterocycles. The Morgan fingerprint density at radius 1 is 0.870 bits per heavy atom. The lowest BCUT2D eigenvalue weighted by atomic mass is 10.1. The van der Waals surface area contributed by atoms with Crippen LogP contribution in [0.25, 0.3) is 11.3 Å². The monoisotopic (exact) mass is 338 g/mol. The first kappa shape index (κ1) is 17.7. The van der Waals surface area contributed by atoms with Gasteiger partial charge in [0, 0.05) is 0 Å². The topological polar surface area (TPSA) is 9.23 Å². The fraction of sp³-hybridized carbons (Fsp3) is 0.200. The molecule has 0 bridgehead atoms. The van der Waals surface area contributed by atoms with Crippen molar-refractivity contribution in [2.75, 3.05) is 0 Å².